The van der Waals surface area contributed by atoms with Crippen molar-refractivity contribution in [2.24, 2.45) is 0 Å². The monoisotopic (exact) mass is 260 g/mol. The first-order chi connectivity index (χ1) is 8.25. The minimum atomic E-state index is 0.159. The summed E-state index contributed by atoms with van der Waals surface area (Å²) in [6.07, 6.45) is 0.756. The number of hydrogen-bond acceptors (Lipinski definition) is 3. The molecule has 0 saturated heterocycles. The van der Waals surface area contributed by atoms with Gasteiger partial charge in [0.05, 0.1) is 0 Å². The van der Waals surface area contributed by atoms with Gasteiger partial charge in [-0.05, 0) is 35.0 Å². The van der Waals surface area contributed by atoms with Gasteiger partial charge in [-0.2, -0.15) is 0 Å². The second-order valence-electron chi connectivity index (χ2n) is 3.57. The molecule has 1 aromatic carbocycles. The number of carbonyl (C=O) groups is 1. The zero-order valence-electron chi connectivity index (χ0n) is 9.53. The molecule has 2 rings (SSSR count). The van der Waals surface area contributed by atoms with Crippen molar-refractivity contribution < 1.29 is 4.79 Å². The number of benzene rings is 1. The van der Waals surface area contributed by atoms with Crippen LogP contribution < -0.4 is 0 Å². The second kappa shape index (κ2) is 5.90. The Kier molecular flexibility index (Phi) is 4.24. The minimum Gasteiger partial charge on any atom is -0.288 e. The van der Waals surface area contributed by atoms with Crippen molar-refractivity contribution in [2.75, 3.05) is 5.75 Å². The molecule has 1 aromatic heterocycles. The first-order valence-corrected chi connectivity index (χ1v) is 7.22. The van der Waals surface area contributed by atoms with Gasteiger partial charge in [0.2, 0.25) is 0 Å². The molecule has 0 saturated carbocycles. The summed E-state index contributed by atoms with van der Waals surface area (Å²) in [6.45, 7) is 1.59. The normalized spacial score (nSPS) is 9.94. The van der Waals surface area contributed by atoms with Crippen molar-refractivity contribution in [3.8, 4) is 11.8 Å². The van der Waals surface area contributed by atoms with Crippen LogP contribution in [0.5, 0.6) is 0 Å². The first-order valence-electron chi connectivity index (χ1n) is 5.35. The lowest BCUT2D eigenvalue weighted by Crippen LogP contribution is -1.84. The SMILES string of the molecule is CC(=O)SCCC#Cc1ccc2sccc2c1. The number of fused-ring (bicyclic) bond motifs is 1. The van der Waals surface area contributed by atoms with E-state index < -0.39 is 0 Å². The number of hydrogen-bond donors (Lipinski definition) is 0. The maximum Gasteiger partial charge on any atom is 0.185 e. The van der Waals surface area contributed by atoms with Gasteiger partial charge < -0.3 is 0 Å². The highest BCUT2D eigenvalue weighted by molar-refractivity contribution is 8.13. The van der Waals surface area contributed by atoms with Crippen LogP contribution >= 0.6 is 23.1 Å². The van der Waals surface area contributed by atoms with E-state index in [4.69, 9.17) is 0 Å². The molecule has 2 aromatic rings. The molecule has 1 heterocycles. The van der Waals surface area contributed by atoms with Gasteiger partial charge >= 0.3 is 0 Å². The second-order valence-corrected chi connectivity index (χ2v) is 5.78. The fourth-order valence-corrected chi connectivity index (χ4v) is 2.72. The Bertz CT molecular complexity index is 587. The molecule has 0 amide bonds. The fraction of sp³-hybridized carbons (Fsp3) is 0.214. The Balaban J connectivity index is 1.98. The topological polar surface area (TPSA) is 17.1 Å². The number of carbonyl (C=O) groups excluding carboxylic acids is 1. The highest BCUT2D eigenvalue weighted by Gasteiger charge is 1.95. The standard InChI is InChI=1S/C14H12OS2/c1-11(15)16-8-3-2-4-12-5-6-14-13(10-12)7-9-17-14/h5-7,9-10H,3,8H2,1H3. The summed E-state index contributed by atoms with van der Waals surface area (Å²) < 4.78 is 1.29. The fourth-order valence-electron chi connectivity index (χ4n) is 1.45. The van der Waals surface area contributed by atoms with Crippen molar-refractivity contribution in [1.82, 2.24) is 0 Å². The van der Waals surface area contributed by atoms with Gasteiger partial charge in [0.1, 0.15) is 0 Å². The Hall–Kier alpha value is -1.24. The third kappa shape index (κ3) is 3.62. The van der Waals surface area contributed by atoms with Crippen molar-refractivity contribution in [1.29, 1.82) is 0 Å². The van der Waals surface area contributed by atoms with E-state index in [9.17, 15) is 4.79 Å². The van der Waals surface area contributed by atoms with E-state index in [1.165, 1.54) is 21.8 Å². The molecule has 0 unspecified atom stereocenters. The van der Waals surface area contributed by atoms with Gasteiger partial charge in [0, 0.05) is 29.4 Å². The quantitative estimate of drug-likeness (QED) is 0.601. The molecule has 0 spiro atoms. The highest BCUT2D eigenvalue weighted by atomic mass is 32.2. The Morgan fingerprint density at radius 3 is 3.12 bits per heavy atom. The van der Waals surface area contributed by atoms with Crippen LogP contribution in [0.3, 0.4) is 0 Å². The van der Waals surface area contributed by atoms with E-state index in [-0.39, 0.29) is 5.12 Å². The number of thiophene rings is 1. The predicted octanol–water partition coefficient (Wildman–Crippen LogP) is 3.92. The van der Waals surface area contributed by atoms with E-state index >= 15 is 0 Å². The average molecular weight is 260 g/mol. The Morgan fingerprint density at radius 1 is 1.41 bits per heavy atom. The first kappa shape index (κ1) is 12.2. The summed E-state index contributed by atoms with van der Waals surface area (Å²) in [5, 5.41) is 3.50. The van der Waals surface area contributed by atoms with Gasteiger partial charge in [-0.25, -0.2) is 0 Å². The van der Waals surface area contributed by atoms with Gasteiger partial charge in [-0.3, -0.25) is 4.79 Å². The van der Waals surface area contributed by atoms with E-state index in [2.05, 4.69) is 35.4 Å². The molecule has 0 aliphatic carbocycles. The summed E-state index contributed by atoms with van der Waals surface area (Å²) >= 11 is 3.07. The lowest BCUT2D eigenvalue weighted by molar-refractivity contribution is -0.109. The average Bonchev–Trinajstić information content (AvgIpc) is 2.75. The summed E-state index contributed by atoms with van der Waals surface area (Å²) in [5.41, 5.74) is 1.05. The van der Waals surface area contributed by atoms with E-state index in [0.29, 0.717) is 0 Å². The lowest BCUT2D eigenvalue weighted by Gasteiger charge is -1.92. The highest BCUT2D eigenvalue weighted by Crippen LogP contribution is 2.21. The van der Waals surface area contributed by atoms with Crippen molar-refractivity contribution in [3.05, 3.63) is 35.2 Å². The summed E-state index contributed by atoms with van der Waals surface area (Å²) in [7, 11) is 0. The van der Waals surface area contributed by atoms with E-state index in [0.717, 1.165) is 17.7 Å². The van der Waals surface area contributed by atoms with Crippen LogP contribution in [0.25, 0.3) is 10.1 Å². The van der Waals surface area contributed by atoms with Crippen molar-refractivity contribution >= 4 is 38.3 Å². The predicted molar refractivity (Wildman–Crippen MR) is 76.5 cm³/mol. The molecule has 0 fully saturated rings. The van der Waals surface area contributed by atoms with Crippen LogP contribution in [0.1, 0.15) is 18.9 Å². The maximum absolute atomic E-state index is 10.7. The third-order valence-corrected chi connectivity index (χ3v) is 3.93. The van der Waals surface area contributed by atoms with Gasteiger partial charge in [0.15, 0.2) is 5.12 Å². The molecule has 0 aliphatic heterocycles. The van der Waals surface area contributed by atoms with E-state index in [1.54, 1.807) is 18.3 Å². The van der Waals surface area contributed by atoms with Crippen LogP contribution in [-0.4, -0.2) is 10.9 Å². The zero-order chi connectivity index (χ0) is 12.1. The smallest absolute Gasteiger partial charge is 0.185 e. The molecule has 0 N–H and O–H groups in total. The summed E-state index contributed by atoms with van der Waals surface area (Å²) in [6, 6.07) is 8.37. The van der Waals surface area contributed by atoms with Crippen LogP contribution in [0.2, 0.25) is 0 Å². The molecule has 86 valence electrons. The van der Waals surface area contributed by atoms with Crippen molar-refractivity contribution in [2.45, 2.75) is 13.3 Å². The van der Waals surface area contributed by atoms with Crippen LogP contribution in [0.4, 0.5) is 0 Å². The number of thioether (sulfide) groups is 1. The minimum absolute atomic E-state index is 0.159. The largest absolute Gasteiger partial charge is 0.288 e. The zero-order valence-corrected chi connectivity index (χ0v) is 11.2. The lowest BCUT2D eigenvalue weighted by atomic mass is 10.2. The molecule has 1 nitrogen and oxygen atoms in total. The van der Waals surface area contributed by atoms with Gasteiger partial charge in [-0.1, -0.05) is 23.6 Å². The molecule has 0 radical (unpaired) electrons. The van der Waals surface area contributed by atoms with Crippen LogP contribution in [0, 0.1) is 11.8 Å². The number of rotatable bonds is 2. The Labute approximate surface area is 109 Å². The summed E-state index contributed by atoms with van der Waals surface area (Å²) in [5.74, 6) is 7.01. The van der Waals surface area contributed by atoms with E-state index in [1.807, 2.05) is 6.07 Å². The van der Waals surface area contributed by atoms with Crippen molar-refractivity contribution in [3.63, 3.8) is 0 Å². The van der Waals surface area contributed by atoms with Crippen LogP contribution in [-0.2, 0) is 4.79 Å². The third-order valence-electron chi connectivity index (χ3n) is 2.22. The van der Waals surface area contributed by atoms with Gasteiger partial charge in [-0.15, -0.1) is 11.3 Å². The maximum atomic E-state index is 10.7. The molecule has 17 heavy (non-hydrogen) atoms. The van der Waals surface area contributed by atoms with Gasteiger partial charge in [0.25, 0.3) is 0 Å². The molecule has 0 bridgehead atoms. The molecular weight excluding hydrogens is 248 g/mol. The molecule has 0 atom stereocenters. The molecule has 0 aliphatic rings. The molecular formula is C14H12OS2. The Morgan fingerprint density at radius 2 is 2.29 bits per heavy atom. The molecule has 3 heteroatoms. The van der Waals surface area contributed by atoms with Crippen LogP contribution in [0.15, 0.2) is 29.6 Å². The summed E-state index contributed by atoms with van der Waals surface area (Å²) in [4.78, 5) is 10.7.